The van der Waals surface area contributed by atoms with Crippen molar-refractivity contribution in [3.63, 3.8) is 0 Å². The lowest BCUT2D eigenvalue weighted by atomic mass is 9.63. The molecule has 2 N–H and O–H groups in total. The third-order valence-electron chi connectivity index (χ3n) is 4.44. The van der Waals surface area contributed by atoms with E-state index in [0.717, 1.165) is 0 Å². The molecule has 1 amide bonds. The van der Waals surface area contributed by atoms with Gasteiger partial charge in [0.1, 0.15) is 6.04 Å². The average molecular weight is 360 g/mol. The number of esters is 2. The number of aliphatic hydroxyl groups excluding tert-OH is 1. The summed E-state index contributed by atoms with van der Waals surface area (Å²) in [6, 6.07) is -2.50. The Hall–Kier alpha value is -2.23. The molecule has 1 aliphatic carbocycles. The van der Waals surface area contributed by atoms with Crippen molar-refractivity contribution in [1.29, 1.82) is 0 Å². The molecule has 0 unspecified atom stereocenters. The van der Waals surface area contributed by atoms with E-state index in [1.807, 2.05) is 0 Å². The summed E-state index contributed by atoms with van der Waals surface area (Å²) in [5.74, 6) is -3.61. The van der Waals surface area contributed by atoms with E-state index in [2.05, 4.69) is 5.32 Å². The van der Waals surface area contributed by atoms with Gasteiger partial charge < -0.3 is 19.9 Å². The maximum absolute atomic E-state index is 12.5. The predicted octanol–water partition coefficient (Wildman–Crippen LogP) is -0.350. The second kappa shape index (κ2) is 8.24. The first kappa shape index (κ1) is 20.8. The lowest BCUT2D eigenvalue weighted by Gasteiger charge is -2.44. The van der Waals surface area contributed by atoms with Gasteiger partial charge in [0.15, 0.2) is 5.41 Å². The van der Waals surface area contributed by atoms with Gasteiger partial charge in [-0.3, -0.25) is 24.5 Å². The molecule has 0 aromatic carbocycles. The van der Waals surface area contributed by atoms with Crippen LogP contribution in [-0.4, -0.2) is 59.3 Å². The molecule has 1 saturated carbocycles. The fraction of sp³-hybridized carbons (Fsp3) is 0.800. The Morgan fingerprint density at radius 2 is 1.72 bits per heavy atom. The van der Waals surface area contributed by atoms with E-state index >= 15 is 0 Å². The van der Waals surface area contributed by atoms with Crippen LogP contribution in [0.1, 0.15) is 34.1 Å². The molecule has 0 bridgehead atoms. The van der Waals surface area contributed by atoms with E-state index in [1.165, 1.54) is 27.7 Å². The smallest absolute Gasteiger partial charge is 0.326 e. The molecule has 0 aliphatic heterocycles. The summed E-state index contributed by atoms with van der Waals surface area (Å²) in [4.78, 5) is 47.2. The van der Waals surface area contributed by atoms with Crippen molar-refractivity contribution in [2.24, 2.45) is 11.3 Å². The van der Waals surface area contributed by atoms with Crippen LogP contribution in [0.15, 0.2) is 0 Å². The Kier molecular flexibility index (Phi) is 6.86. The Morgan fingerprint density at radius 1 is 1.24 bits per heavy atom. The maximum Gasteiger partial charge on any atom is 0.326 e. The van der Waals surface area contributed by atoms with Gasteiger partial charge in [-0.2, -0.15) is 0 Å². The van der Waals surface area contributed by atoms with Crippen molar-refractivity contribution >= 4 is 17.8 Å². The van der Waals surface area contributed by atoms with Crippen molar-refractivity contribution in [2.45, 2.75) is 52.3 Å². The normalized spacial score (nSPS) is 27.9. The van der Waals surface area contributed by atoms with Gasteiger partial charge in [-0.05, 0) is 13.8 Å². The highest BCUT2D eigenvalue weighted by Crippen LogP contribution is 2.43. The van der Waals surface area contributed by atoms with Gasteiger partial charge in [0.25, 0.3) is 0 Å². The number of hydrogen-bond donors (Lipinski definition) is 2. The minimum atomic E-state index is -2.21. The Bertz CT molecular complexity index is 532. The molecule has 0 aromatic heterocycles. The maximum atomic E-state index is 12.5. The van der Waals surface area contributed by atoms with Gasteiger partial charge in [0.05, 0.1) is 19.3 Å². The summed E-state index contributed by atoms with van der Waals surface area (Å²) < 4.78 is 9.81. The van der Waals surface area contributed by atoms with E-state index in [1.54, 1.807) is 0 Å². The standard InChI is InChI=1S/C15H24N2O8/c1-5-24-13(20)15(14(21)25-6-2)7-10(17(22)23)11(16-9(4)18)8(3)12(15)19/h8,10-12,19H,5-7H2,1-4H3,(H,16,18)/t8-,10-,11-,12+/m0/s1. The van der Waals surface area contributed by atoms with Crippen LogP contribution in [0.25, 0.3) is 0 Å². The molecule has 1 aliphatic rings. The summed E-state index contributed by atoms with van der Waals surface area (Å²) in [7, 11) is 0. The van der Waals surface area contributed by atoms with Crippen LogP contribution in [-0.2, 0) is 23.9 Å². The van der Waals surface area contributed by atoms with Gasteiger partial charge in [0.2, 0.25) is 11.9 Å². The van der Waals surface area contributed by atoms with Crippen LogP contribution >= 0.6 is 0 Å². The number of carbonyl (C=O) groups is 3. The third kappa shape index (κ3) is 3.89. The minimum absolute atomic E-state index is 0.0701. The molecule has 0 heterocycles. The van der Waals surface area contributed by atoms with E-state index in [9.17, 15) is 29.6 Å². The molecule has 25 heavy (non-hydrogen) atoms. The van der Waals surface area contributed by atoms with Gasteiger partial charge in [-0.1, -0.05) is 6.92 Å². The van der Waals surface area contributed by atoms with Crippen LogP contribution < -0.4 is 5.32 Å². The highest BCUT2D eigenvalue weighted by molar-refractivity contribution is 6.01. The van der Waals surface area contributed by atoms with Crippen molar-refractivity contribution < 1.29 is 33.9 Å². The lowest BCUT2D eigenvalue weighted by Crippen LogP contribution is -2.67. The van der Waals surface area contributed by atoms with Gasteiger partial charge in [-0.15, -0.1) is 0 Å². The predicted molar refractivity (Wildman–Crippen MR) is 83.9 cm³/mol. The number of carbonyl (C=O) groups excluding carboxylic acids is 3. The van der Waals surface area contributed by atoms with Crippen molar-refractivity contribution in [1.82, 2.24) is 5.32 Å². The van der Waals surface area contributed by atoms with Crippen molar-refractivity contribution in [2.75, 3.05) is 13.2 Å². The molecule has 10 nitrogen and oxygen atoms in total. The first-order valence-electron chi connectivity index (χ1n) is 8.06. The molecular weight excluding hydrogens is 336 g/mol. The van der Waals surface area contributed by atoms with Crippen LogP contribution in [0, 0.1) is 21.4 Å². The number of rotatable bonds is 6. The van der Waals surface area contributed by atoms with Crippen LogP contribution in [0.2, 0.25) is 0 Å². The first-order chi connectivity index (χ1) is 11.6. The number of nitrogens with one attached hydrogen (secondary N) is 1. The minimum Gasteiger partial charge on any atom is -0.465 e. The van der Waals surface area contributed by atoms with E-state index in [-0.39, 0.29) is 13.2 Å². The molecule has 1 rings (SSSR count). The number of amides is 1. The Balaban J connectivity index is 3.42. The zero-order chi connectivity index (χ0) is 19.4. The largest absolute Gasteiger partial charge is 0.465 e. The number of nitro groups is 1. The van der Waals surface area contributed by atoms with E-state index in [0.29, 0.717) is 0 Å². The number of ether oxygens (including phenoxy) is 2. The molecule has 0 radical (unpaired) electrons. The van der Waals surface area contributed by atoms with Crippen LogP contribution in [0.5, 0.6) is 0 Å². The third-order valence-corrected chi connectivity index (χ3v) is 4.44. The number of aliphatic hydroxyl groups is 1. The average Bonchev–Trinajstić information content (AvgIpc) is 2.52. The van der Waals surface area contributed by atoms with Crippen LogP contribution in [0.3, 0.4) is 0 Å². The van der Waals surface area contributed by atoms with Crippen molar-refractivity contribution in [3.05, 3.63) is 10.1 Å². The molecule has 4 atom stereocenters. The zero-order valence-corrected chi connectivity index (χ0v) is 14.7. The number of hydrogen-bond acceptors (Lipinski definition) is 8. The number of nitrogens with zero attached hydrogens (tertiary/aromatic N) is 1. The zero-order valence-electron chi connectivity index (χ0n) is 14.7. The Labute approximate surface area is 145 Å². The van der Waals surface area contributed by atoms with E-state index < -0.39 is 58.7 Å². The molecule has 1 fully saturated rings. The summed E-state index contributed by atoms with van der Waals surface area (Å²) in [5, 5.41) is 24.6. The molecule has 10 heteroatoms. The SMILES string of the molecule is CCOC(=O)C1(C(=O)OCC)C[C@H]([N+](=O)[O-])[C@@H](NC(C)=O)[C@H](C)[C@H]1O. The topological polar surface area (TPSA) is 145 Å². The van der Waals surface area contributed by atoms with Crippen LogP contribution in [0.4, 0.5) is 0 Å². The summed E-state index contributed by atoms with van der Waals surface area (Å²) in [6.45, 7) is 5.50. The fourth-order valence-corrected chi connectivity index (χ4v) is 3.25. The monoisotopic (exact) mass is 360 g/mol. The molecular formula is C15H24N2O8. The lowest BCUT2D eigenvalue weighted by molar-refractivity contribution is -0.536. The molecule has 142 valence electrons. The van der Waals surface area contributed by atoms with Gasteiger partial charge in [-0.25, -0.2) is 0 Å². The Morgan fingerprint density at radius 3 is 2.08 bits per heavy atom. The molecule has 0 saturated heterocycles. The summed E-state index contributed by atoms with van der Waals surface area (Å²) in [6.07, 6.45) is -2.24. The molecule has 0 aromatic rings. The fourth-order valence-electron chi connectivity index (χ4n) is 3.25. The quantitative estimate of drug-likeness (QED) is 0.283. The highest BCUT2D eigenvalue weighted by atomic mass is 16.6. The highest BCUT2D eigenvalue weighted by Gasteiger charge is 2.65. The summed E-state index contributed by atoms with van der Waals surface area (Å²) in [5.41, 5.74) is -2.21. The molecule has 0 spiro atoms. The second-order valence-corrected chi connectivity index (χ2v) is 6.00. The second-order valence-electron chi connectivity index (χ2n) is 6.00. The summed E-state index contributed by atoms with van der Waals surface area (Å²) >= 11 is 0. The van der Waals surface area contributed by atoms with E-state index in [4.69, 9.17) is 9.47 Å². The van der Waals surface area contributed by atoms with Gasteiger partial charge in [0, 0.05) is 24.2 Å². The van der Waals surface area contributed by atoms with Gasteiger partial charge >= 0.3 is 11.9 Å². The first-order valence-corrected chi connectivity index (χ1v) is 8.06. The van der Waals surface area contributed by atoms with Crippen molar-refractivity contribution in [3.8, 4) is 0 Å².